The summed E-state index contributed by atoms with van der Waals surface area (Å²) in [5, 5.41) is 12.5. The molecule has 3 aromatic rings. The van der Waals surface area contributed by atoms with E-state index in [1.165, 1.54) is 18.2 Å². The van der Waals surface area contributed by atoms with Gasteiger partial charge in [-0.15, -0.1) is 0 Å². The summed E-state index contributed by atoms with van der Waals surface area (Å²) in [6.45, 7) is 0.546. The van der Waals surface area contributed by atoms with Crippen LogP contribution in [-0.4, -0.2) is 33.8 Å². The van der Waals surface area contributed by atoms with Crippen molar-refractivity contribution in [1.82, 2.24) is 9.55 Å². The van der Waals surface area contributed by atoms with Crippen molar-refractivity contribution < 1.29 is 23.8 Å². The number of halogens is 2. The Hall–Kier alpha value is -3.00. The summed E-state index contributed by atoms with van der Waals surface area (Å²) in [6.07, 6.45) is 0. The summed E-state index contributed by atoms with van der Waals surface area (Å²) >= 11 is 6.05. The molecule has 0 aliphatic carbocycles. The van der Waals surface area contributed by atoms with Gasteiger partial charge in [0.05, 0.1) is 16.2 Å². The molecule has 0 atom stereocenters. The molecule has 0 fully saturated rings. The summed E-state index contributed by atoms with van der Waals surface area (Å²) in [5.41, 5.74) is 0.960. The number of nitrogens with one attached hydrogen (secondary N) is 1. The first-order valence-corrected chi connectivity index (χ1v) is 8.08. The van der Waals surface area contributed by atoms with E-state index in [1.54, 1.807) is 17.7 Å². The third kappa shape index (κ3) is 2.50. The summed E-state index contributed by atoms with van der Waals surface area (Å²) in [4.78, 5) is 15.9. The monoisotopic (exact) mass is 377 g/mol. The fraction of sp³-hybridized carbons (Fsp3) is 0.176. The molecular weight excluding hydrogens is 365 g/mol. The van der Waals surface area contributed by atoms with Crippen molar-refractivity contribution >= 4 is 40.2 Å². The number of aromatic carboxylic acids is 1. The first-order chi connectivity index (χ1) is 12.5. The van der Waals surface area contributed by atoms with Crippen molar-refractivity contribution in [2.24, 2.45) is 7.05 Å². The molecule has 26 heavy (non-hydrogen) atoms. The molecule has 0 bridgehead atoms. The van der Waals surface area contributed by atoms with E-state index in [2.05, 4.69) is 10.3 Å². The maximum atomic E-state index is 14.1. The largest absolute Gasteiger partial charge is 0.485 e. The predicted molar refractivity (Wildman–Crippen MR) is 93.4 cm³/mol. The van der Waals surface area contributed by atoms with Gasteiger partial charge in [0.25, 0.3) is 0 Å². The lowest BCUT2D eigenvalue weighted by molar-refractivity contribution is 0.0686. The number of imidazole rings is 1. The maximum Gasteiger partial charge on any atom is 0.339 e. The Morgan fingerprint density at radius 3 is 2.77 bits per heavy atom. The second-order valence-corrected chi connectivity index (χ2v) is 6.08. The van der Waals surface area contributed by atoms with Crippen LogP contribution in [0.4, 0.5) is 16.0 Å². The fourth-order valence-corrected chi connectivity index (χ4v) is 3.10. The smallest absolute Gasteiger partial charge is 0.339 e. The molecule has 7 nitrogen and oxygen atoms in total. The van der Waals surface area contributed by atoms with Gasteiger partial charge >= 0.3 is 5.97 Å². The Labute approximate surface area is 151 Å². The van der Waals surface area contributed by atoms with E-state index >= 15 is 0 Å². The average molecular weight is 378 g/mol. The SMILES string of the molecule is Cn1c(Nc2c(F)cccc2Cl)nc2cc(C(=O)O)c3c(c21)OCCO3. The number of benzene rings is 2. The van der Waals surface area contributed by atoms with Gasteiger partial charge < -0.3 is 24.5 Å². The molecule has 9 heteroatoms. The Bertz CT molecular complexity index is 1030. The van der Waals surface area contributed by atoms with Gasteiger partial charge in [-0.05, 0) is 18.2 Å². The van der Waals surface area contributed by atoms with Crippen LogP contribution in [0.15, 0.2) is 24.3 Å². The number of ether oxygens (including phenoxy) is 2. The molecular formula is C17H13ClFN3O4. The number of fused-ring (bicyclic) bond motifs is 3. The van der Waals surface area contributed by atoms with E-state index in [0.29, 0.717) is 16.8 Å². The van der Waals surface area contributed by atoms with E-state index in [9.17, 15) is 14.3 Å². The molecule has 2 aromatic carbocycles. The molecule has 0 saturated heterocycles. The molecule has 0 radical (unpaired) electrons. The highest BCUT2D eigenvalue weighted by molar-refractivity contribution is 6.33. The number of anilines is 2. The summed E-state index contributed by atoms with van der Waals surface area (Å²) < 4.78 is 26.8. The number of hydrogen-bond donors (Lipinski definition) is 2. The van der Waals surface area contributed by atoms with Crippen LogP contribution in [0.5, 0.6) is 11.5 Å². The second kappa shape index (κ2) is 6.06. The van der Waals surface area contributed by atoms with Crippen LogP contribution in [0.3, 0.4) is 0 Å². The zero-order chi connectivity index (χ0) is 18.4. The van der Waals surface area contributed by atoms with Gasteiger partial charge in [-0.25, -0.2) is 14.2 Å². The average Bonchev–Trinajstić information content (AvgIpc) is 2.93. The van der Waals surface area contributed by atoms with Gasteiger partial charge in [-0.1, -0.05) is 17.7 Å². The predicted octanol–water partition coefficient (Wildman–Crippen LogP) is 3.58. The van der Waals surface area contributed by atoms with Gasteiger partial charge in [0.15, 0.2) is 11.5 Å². The quantitative estimate of drug-likeness (QED) is 0.725. The van der Waals surface area contributed by atoms with Crippen molar-refractivity contribution in [3.05, 3.63) is 40.7 Å². The number of para-hydroxylation sites is 1. The minimum Gasteiger partial charge on any atom is -0.485 e. The maximum absolute atomic E-state index is 14.1. The van der Waals surface area contributed by atoms with Crippen LogP contribution in [-0.2, 0) is 7.05 Å². The van der Waals surface area contributed by atoms with Crippen LogP contribution in [0, 0.1) is 5.82 Å². The van der Waals surface area contributed by atoms with Gasteiger partial charge in [0.1, 0.15) is 30.1 Å². The van der Waals surface area contributed by atoms with Gasteiger partial charge in [-0.3, -0.25) is 0 Å². The van der Waals surface area contributed by atoms with Crippen molar-refractivity contribution in [3.8, 4) is 11.5 Å². The Morgan fingerprint density at radius 1 is 1.35 bits per heavy atom. The van der Waals surface area contributed by atoms with Gasteiger partial charge in [-0.2, -0.15) is 0 Å². The fourth-order valence-electron chi connectivity index (χ4n) is 2.89. The molecule has 1 aliphatic heterocycles. The Balaban J connectivity index is 1.91. The lowest BCUT2D eigenvalue weighted by Crippen LogP contribution is -2.18. The van der Waals surface area contributed by atoms with Crippen molar-refractivity contribution in [3.63, 3.8) is 0 Å². The summed E-state index contributed by atoms with van der Waals surface area (Å²) in [6, 6.07) is 5.73. The summed E-state index contributed by atoms with van der Waals surface area (Å²) in [7, 11) is 1.70. The number of carboxylic acid groups (broad SMARTS) is 1. The number of aryl methyl sites for hydroxylation is 1. The molecule has 1 aliphatic rings. The zero-order valence-corrected chi connectivity index (χ0v) is 14.3. The number of carbonyl (C=O) groups is 1. The second-order valence-electron chi connectivity index (χ2n) is 5.67. The van der Waals surface area contributed by atoms with Crippen LogP contribution >= 0.6 is 11.6 Å². The third-order valence-electron chi connectivity index (χ3n) is 4.08. The molecule has 134 valence electrons. The van der Waals surface area contributed by atoms with Crippen molar-refractivity contribution in [1.29, 1.82) is 0 Å². The first-order valence-electron chi connectivity index (χ1n) is 7.70. The van der Waals surface area contributed by atoms with Crippen LogP contribution in [0.1, 0.15) is 10.4 Å². The molecule has 0 amide bonds. The molecule has 0 saturated carbocycles. The standard InChI is InChI=1S/C17H13ClFN3O4/c1-22-13-11(7-8(16(23)24)14-15(13)26-6-5-25-14)20-17(22)21-12-9(18)3-2-4-10(12)19/h2-4,7H,5-6H2,1H3,(H,20,21)(H,23,24). The summed E-state index contributed by atoms with van der Waals surface area (Å²) in [5.74, 6) is -0.933. The lowest BCUT2D eigenvalue weighted by Gasteiger charge is -2.21. The van der Waals surface area contributed by atoms with E-state index in [-0.39, 0.29) is 41.2 Å². The van der Waals surface area contributed by atoms with Crippen molar-refractivity contribution in [2.75, 3.05) is 18.5 Å². The molecule has 0 spiro atoms. The molecule has 4 rings (SSSR count). The Morgan fingerprint density at radius 2 is 2.08 bits per heavy atom. The van der Waals surface area contributed by atoms with E-state index in [1.807, 2.05) is 0 Å². The minimum atomic E-state index is -1.15. The normalized spacial score (nSPS) is 13.0. The molecule has 0 unspecified atom stereocenters. The van der Waals surface area contributed by atoms with Crippen LogP contribution in [0.2, 0.25) is 5.02 Å². The number of nitrogens with zero attached hydrogens (tertiary/aromatic N) is 2. The third-order valence-corrected chi connectivity index (χ3v) is 4.39. The number of carboxylic acids is 1. The highest BCUT2D eigenvalue weighted by atomic mass is 35.5. The van der Waals surface area contributed by atoms with E-state index in [4.69, 9.17) is 21.1 Å². The van der Waals surface area contributed by atoms with E-state index in [0.717, 1.165) is 0 Å². The molecule has 1 aromatic heterocycles. The highest BCUT2D eigenvalue weighted by Crippen LogP contribution is 2.42. The zero-order valence-electron chi connectivity index (χ0n) is 13.5. The van der Waals surface area contributed by atoms with Gasteiger partial charge in [0, 0.05) is 7.05 Å². The van der Waals surface area contributed by atoms with Gasteiger partial charge in [0.2, 0.25) is 5.95 Å². The number of aromatic nitrogens is 2. The lowest BCUT2D eigenvalue weighted by atomic mass is 10.1. The molecule has 2 N–H and O–H groups in total. The van der Waals surface area contributed by atoms with Crippen LogP contribution < -0.4 is 14.8 Å². The topological polar surface area (TPSA) is 85.6 Å². The van der Waals surface area contributed by atoms with Crippen LogP contribution in [0.25, 0.3) is 11.0 Å². The first kappa shape index (κ1) is 16.5. The van der Waals surface area contributed by atoms with E-state index < -0.39 is 11.8 Å². The Kier molecular flexibility index (Phi) is 3.84. The highest BCUT2D eigenvalue weighted by Gasteiger charge is 2.27. The van der Waals surface area contributed by atoms with Crippen molar-refractivity contribution in [2.45, 2.75) is 0 Å². The number of rotatable bonds is 3. The molecule has 2 heterocycles. The number of hydrogen-bond acceptors (Lipinski definition) is 5. The minimum absolute atomic E-state index is 0.0409.